The maximum absolute atomic E-state index is 5.96. The molecule has 0 bridgehead atoms. The second kappa shape index (κ2) is 9.96. The van der Waals surface area contributed by atoms with Gasteiger partial charge in [0.05, 0.1) is 0 Å². The van der Waals surface area contributed by atoms with Crippen molar-refractivity contribution in [3.05, 3.63) is 6.04 Å². The van der Waals surface area contributed by atoms with Crippen LogP contribution in [0.2, 0.25) is 6.04 Å². The fraction of sp³-hybridized carbons (Fsp3) is 0.941. The van der Waals surface area contributed by atoms with Crippen LogP contribution in [-0.2, 0) is 8.85 Å². The summed E-state index contributed by atoms with van der Waals surface area (Å²) in [5.41, 5.74) is 0. The summed E-state index contributed by atoms with van der Waals surface area (Å²) in [6, 6.07) is 3.66. The van der Waals surface area contributed by atoms with Crippen molar-refractivity contribution < 1.29 is 8.85 Å². The first-order valence-electron chi connectivity index (χ1n) is 8.66. The van der Waals surface area contributed by atoms with Gasteiger partial charge in [0.25, 0.3) is 0 Å². The molecule has 0 saturated heterocycles. The molecular formula is C17H35O2Si. The highest BCUT2D eigenvalue weighted by atomic mass is 28.4. The van der Waals surface area contributed by atoms with E-state index >= 15 is 0 Å². The van der Waals surface area contributed by atoms with Crippen LogP contribution in [0.3, 0.4) is 0 Å². The molecule has 0 N–H and O–H groups in total. The Bertz CT molecular complexity index is 235. The molecule has 0 spiro atoms. The maximum atomic E-state index is 5.96. The molecule has 1 aliphatic rings. The molecule has 0 aromatic carbocycles. The highest BCUT2D eigenvalue weighted by molar-refractivity contribution is 6.71. The van der Waals surface area contributed by atoms with Crippen LogP contribution in [0.25, 0.3) is 0 Å². The number of rotatable bonds is 10. The van der Waals surface area contributed by atoms with Crippen molar-refractivity contribution in [2.45, 2.75) is 77.7 Å². The van der Waals surface area contributed by atoms with Crippen molar-refractivity contribution in [1.82, 2.24) is 0 Å². The van der Waals surface area contributed by atoms with Crippen LogP contribution in [0.4, 0.5) is 0 Å². The number of hydrogen-bond donors (Lipinski definition) is 0. The van der Waals surface area contributed by atoms with Gasteiger partial charge in [0.15, 0.2) is 0 Å². The van der Waals surface area contributed by atoms with Crippen molar-refractivity contribution in [2.24, 2.45) is 11.8 Å². The first-order valence-corrected chi connectivity index (χ1v) is 10.8. The summed E-state index contributed by atoms with van der Waals surface area (Å²) in [4.78, 5) is 0. The molecule has 1 atom stereocenters. The smallest absolute Gasteiger partial charge is 0.341 e. The molecule has 119 valence electrons. The summed E-state index contributed by atoms with van der Waals surface area (Å²) in [6.45, 7) is 4.59. The van der Waals surface area contributed by atoms with Crippen molar-refractivity contribution in [3.63, 3.8) is 0 Å². The zero-order chi connectivity index (χ0) is 14.8. The molecular weight excluding hydrogens is 264 g/mol. The largest absolute Gasteiger partial charge is 0.397 e. The lowest BCUT2D eigenvalue weighted by Gasteiger charge is -2.34. The minimum Gasteiger partial charge on any atom is -0.397 e. The quantitative estimate of drug-likeness (QED) is 0.512. The van der Waals surface area contributed by atoms with E-state index in [-0.39, 0.29) is 0 Å². The summed E-state index contributed by atoms with van der Waals surface area (Å²) >= 11 is 0. The van der Waals surface area contributed by atoms with Crippen LogP contribution in [0.5, 0.6) is 0 Å². The Labute approximate surface area is 127 Å². The van der Waals surface area contributed by atoms with Gasteiger partial charge in [-0.2, -0.15) is 0 Å². The third kappa shape index (κ3) is 5.86. The molecule has 0 aromatic rings. The molecule has 0 aliphatic heterocycles. The van der Waals surface area contributed by atoms with E-state index in [0.717, 1.165) is 17.9 Å². The van der Waals surface area contributed by atoms with Crippen LogP contribution in [0, 0.1) is 17.9 Å². The topological polar surface area (TPSA) is 18.5 Å². The van der Waals surface area contributed by atoms with Crippen LogP contribution in [0.1, 0.15) is 71.6 Å². The molecule has 0 aromatic heterocycles. The molecule has 20 heavy (non-hydrogen) atoms. The lowest BCUT2D eigenvalue weighted by Crippen LogP contribution is -2.45. The van der Waals surface area contributed by atoms with E-state index in [1.54, 1.807) is 0 Å². The normalized spacial score (nSPS) is 19.2. The molecule has 1 unspecified atom stereocenters. The van der Waals surface area contributed by atoms with Gasteiger partial charge in [0, 0.05) is 20.3 Å². The molecule has 0 amide bonds. The van der Waals surface area contributed by atoms with Crippen molar-refractivity contribution >= 4 is 8.56 Å². The fourth-order valence-electron chi connectivity index (χ4n) is 3.46. The minimum absolute atomic E-state index is 0.735. The first kappa shape index (κ1) is 18.2. The Morgan fingerprint density at radius 1 is 1.10 bits per heavy atom. The molecule has 3 heteroatoms. The fourth-order valence-corrected chi connectivity index (χ4v) is 6.72. The number of unbranched alkanes of at least 4 members (excludes halogenated alkanes) is 1. The Morgan fingerprint density at radius 2 is 1.75 bits per heavy atom. The van der Waals surface area contributed by atoms with E-state index in [1.807, 2.05) is 14.2 Å². The maximum Gasteiger partial charge on any atom is 0.341 e. The van der Waals surface area contributed by atoms with Gasteiger partial charge >= 0.3 is 8.56 Å². The van der Waals surface area contributed by atoms with Gasteiger partial charge in [-0.25, -0.2) is 0 Å². The van der Waals surface area contributed by atoms with Gasteiger partial charge < -0.3 is 8.85 Å². The van der Waals surface area contributed by atoms with Crippen LogP contribution < -0.4 is 0 Å². The van der Waals surface area contributed by atoms with E-state index in [1.165, 1.54) is 57.8 Å². The third-order valence-corrected chi connectivity index (χ3v) is 8.45. The first-order chi connectivity index (χ1) is 9.69. The average molecular weight is 300 g/mol. The molecule has 1 fully saturated rings. The molecule has 1 rings (SSSR count). The predicted octanol–water partition coefficient (Wildman–Crippen LogP) is 5.26. The summed E-state index contributed by atoms with van der Waals surface area (Å²) in [7, 11) is 1.64. The SMILES string of the molecule is CCCCC(CC)C[Si]([CH]C1CCCCC1)(OC)OC. The van der Waals surface area contributed by atoms with Gasteiger partial charge in [0.1, 0.15) is 0 Å². The summed E-state index contributed by atoms with van der Waals surface area (Å²) in [5, 5.41) is 0. The highest BCUT2D eigenvalue weighted by Gasteiger charge is 2.40. The summed E-state index contributed by atoms with van der Waals surface area (Å²) < 4.78 is 11.9. The van der Waals surface area contributed by atoms with Gasteiger partial charge in [-0.1, -0.05) is 71.6 Å². The third-order valence-electron chi connectivity index (χ3n) is 4.95. The summed E-state index contributed by atoms with van der Waals surface area (Å²) in [5.74, 6) is 1.50. The lowest BCUT2D eigenvalue weighted by atomic mass is 9.91. The van der Waals surface area contributed by atoms with Crippen molar-refractivity contribution in [1.29, 1.82) is 0 Å². The molecule has 2 nitrogen and oxygen atoms in total. The summed E-state index contributed by atoms with van der Waals surface area (Å²) in [6.07, 6.45) is 12.1. The van der Waals surface area contributed by atoms with Gasteiger partial charge in [-0.05, 0) is 17.9 Å². The lowest BCUT2D eigenvalue weighted by molar-refractivity contribution is 0.230. The molecule has 1 saturated carbocycles. The average Bonchev–Trinajstić information content (AvgIpc) is 2.51. The highest BCUT2D eigenvalue weighted by Crippen LogP contribution is 2.34. The van der Waals surface area contributed by atoms with Crippen molar-refractivity contribution in [3.8, 4) is 0 Å². The Morgan fingerprint density at radius 3 is 2.25 bits per heavy atom. The van der Waals surface area contributed by atoms with E-state index in [2.05, 4.69) is 19.9 Å². The predicted molar refractivity (Wildman–Crippen MR) is 88.8 cm³/mol. The van der Waals surface area contributed by atoms with E-state index in [0.29, 0.717) is 0 Å². The minimum atomic E-state index is -2.09. The zero-order valence-corrected chi connectivity index (χ0v) is 15.1. The Hall–Kier alpha value is 0.137. The van der Waals surface area contributed by atoms with E-state index in [9.17, 15) is 0 Å². The monoisotopic (exact) mass is 299 g/mol. The molecule has 1 aliphatic carbocycles. The zero-order valence-electron chi connectivity index (χ0n) is 14.1. The number of hydrogen-bond acceptors (Lipinski definition) is 2. The second-order valence-corrected chi connectivity index (χ2v) is 9.59. The Kier molecular flexibility index (Phi) is 9.06. The van der Waals surface area contributed by atoms with E-state index in [4.69, 9.17) is 8.85 Å². The van der Waals surface area contributed by atoms with Gasteiger partial charge in [0.2, 0.25) is 0 Å². The van der Waals surface area contributed by atoms with Crippen LogP contribution >= 0.6 is 0 Å². The van der Waals surface area contributed by atoms with Crippen LogP contribution in [-0.4, -0.2) is 22.8 Å². The van der Waals surface area contributed by atoms with Crippen LogP contribution in [0.15, 0.2) is 0 Å². The standard InChI is InChI=1S/C17H35O2Si/c1-5-7-11-16(6-2)14-20(18-3,19-4)15-17-12-9-8-10-13-17/h15-17H,5-14H2,1-4H3. The molecule has 0 heterocycles. The van der Waals surface area contributed by atoms with Crippen molar-refractivity contribution in [2.75, 3.05) is 14.2 Å². The Balaban J connectivity index is 2.58. The van der Waals surface area contributed by atoms with Gasteiger partial charge in [-0.15, -0.1) is 0 Å². The van der Waals surface area contributed by atoms with Gasteiger partial charge in [-0.3, -0.25) is 0 Å². The molecule has 1 radical (unpaired) electrons. The second-order valence-electron chi connectivity index (χ2n) is 6.41. The van der Waals surface area contributed by atoms with E-state index < -0.39 is 8.56 Å².